The van der Waals surface area contributed by atoms with Crippen LogP contribution in [0.2, 0.25) is 0 Å². The van der Waals surface area contributed by atoms with E-state index in [2.05, 4.69) is 33.2 Å². The van der Waals surface area contributed by atoms with E-state index in [-0.39, 0.29) is 0 Å². The van der Waals surface area contributed by atoms with Gasteiger partial charge in [-0.3, -0.25) is 0 Å². The van der Waals surface area contributed by atoms with Crippen LogP contribution in [0.5, 0.6) is 5.88 Å². The van der Waals surface area contributed by atoms with Crippen molar-refractivity contribution in [3.05, 3.63) is 34.2 Å². The quantitative estimate of drug-likeness (QED) is 0.833. The molecule has 0 saturated carbocycles. The van der Waals surface area contributed by atoms with Crippen molar-refractivity contribution in [2.75, 3.05) is 18.6 Å². The van der Waals surface area contributed by atoms with Crippen molar-refractivity contribution >= 4 is 17.3 Å². The minimum absolute atomic E-state index is 0.326. The van der Waals surface area contributed by atoms with Crippen molar-refractivity contribution in [3.63, 3.8) is 0 Å². The van der Waals surface area contributed by atoms with E-state index < -0.39 is 0 Å². The normalized spacial score (nSPS) is 18.6. The Morgan fingerprint density at radius 3 is 3.17 bits per heavy atom. The van der Waals surface area contributed by atoms with E-state index in [1.54, 1.807) is 19.4 Å². The number of hydrogen-bond donors (Lipinski definition) is 0. The van der Waals surface area contributed by atoms with Gasteiger partial charge in [-0.2, -0.15) is 4.98 Å². The van der Waals surface area contributed by atoms with Crippen molar-refractivity contribution in [2.24, 2.45) is 0 Å². The molecule has 0 radical (unpaired) electrons. The molecule has 18 heavy (non-hydrogen) atoms. The first-order valence-electron chi connectivity index (χ1n) is 5.99. The highest BCUT2D eigenvalue weighted by Crippen LogP contribution is 2.34. The molecular formula is C13H15N3OS. The van der Waals surface area contributed by atoms with Crippen LogP contribution in [0.25, 0.3) is 0 Å². The third-order valence-electron chi connectivity index (χ3n) is 3.36. The predicted octanol–water partition coefficient (Wildman–Crippen LogP) is 2.67. The maximum absolute atomic E-state index is 5.16. The van der Waals surface area contributed by atoms with Crippen molar-refractivity contribution in [1.82, 2.24) is 9.97 Å². The van der Waals surface area contributed by atoms with Gasteiger partial charge in [0.2, 0.25) is 11.8 Å². The highest BCUT2D eigenvalue weighted by molar-refractivity contribution is 7.10. The summed E-state index contributed by atoms with van der Waals surface area (Å²) in [5.41, 5.74) is 1.40. The van der Waals surface area contributed by atoms with Crippen molar-refractivity contribution < 1.29 is 4.74 Å². The lowest BCUT2D eigenvalue weighted by Gasteiger charge is -2.33. The summed E-state index contributed by atoms with van der Waals surface area (Å²) in [7, 11) is 1.63. The van der Waals surface area contributed by atoms with Gasteiger partial charge in [0.05, 0.1) is 13.2 Å². The zero-order chi connectivity index (χ0) is 12.5. The van der Waals surface area contributed by atoms with Gasteiger partial charge in [-0.25, -0.2) is 4.98 Å². The fourth-order valence-electron chi connectivity index (χ4n) is 2.37. The molecule has 1 aliphatic heterocycles. The van der Waals surface area contributed by atoms with Gasteiger partial charge in [-0.15, -0.1) is 11.3 Å². The number of rotatable bonds is 2. The smallest absolute Gasteiger partial charge is 0.229 e. The average molecular weight is 261 g/mol. The van der Waals surface area contributed by atoms with Gasteiger partial charge >= 0.3 is 0 Å². The van der Waals surface area contributed by atoms with Crippen LogP contribution in [0, 0.1) is 0 Å². The van der Waals surface area contributed by atoms with E-state index in [0.29, 0.717) is 11.9 Å². The molecule has 0 amide bonds. The lowest BCUT2D eigenvalue weighted by Crippen LogP contribution is -2.34. The van der Waals surface area contributed by atoms with E-state index >= 15 is 0 Å². The maximum atomic E-state index is 5.16. The lowest BCUT2D eigenvalue weighted by molar-refractivity contribution is 0.396. The number of aromatic nitrogens is 2. The molecule has 0 fully saturated rings. The average Bonchev–Trinajstić information content (AvgIpc) is 2.88. The lowest BCUT2D eigenvalue weighted by atomic mass is 10.0. The third-order valence-corrected chi connectivity index (χ3v) is 4.36. The number of nitrogens with zero attached hydrogens (tertiary/aromatic N) is 3. The minimum Gasteiger partial charge on any atom is -0.481 e. The zero-order valence-electron chi connectivity index (χ0n) is 10.5. The van der Waals surface area contributed by atoms with E-state index in [4.69, 9.17) is 4.74 Å². The summed E-state index contributed by atoms with van der Waals surface area (Å²) in [6.07, 6.45) is 2.81. The second-order valence-corrected chi connectivity index (χ2v) is 5.32. The fourth-order valence-corrected chi connectivity index (χ4v) is 3.33. The monoisotopic (exact) mass is 261 g/mol. The van der Waals surface area contributed by atoms with Gasteiger partial charge in [0.25, 0.3) is 0 Å². The number of fused-ring (bicyclic) bond motifs is 1. The highest BCUT2D eigenvalue weighted by atomic mass is 32.1. The molecule has 0 aromatic carbocycles. The maximum Gasteiger partial charge on any atom is 0.229 e. The fraction of sp³-hybridized carbons (Fsp3) is 0.385. The molecular weight excluding hydrogens is 246 g/mol. The number of anilines is 1. The third kappa shape index (κ3) is 1.84. The van der Waals surface area contributed by atoms with Crippen LogP contribution in [0.4, 0.5) is 5.95 Å². The standard InChI is InChI=1S/C13H15N3OS/c1-9-10-5-8-18-11(10)4-7-16(9)13-14-6-3-12(15-13)17-2/h3,5-6,8-9H,4,7H2,1-2H3/t9-/m0/s1. The van der Waals surface area contributed by atoms with Gasteiger partial charge in [-0.05, 0) is 30.4 Å². The molecule has 2 aromatic heterocycles. The molecule has 0 unspecified atom stereocenters. The van der Waals surface area contributed by atoms with Crippen molar-refractivity contribution in [2.45, 2.75) is 19.4 Å². The van der Waals surface area contributed by atoms with E-state index in [9.17, 15) is 0 Å². The molecule has 4 nitrogen and oxygen atoms in total. The van der Waals surface area contributed by atoms with Crippen LogP contribution < -0.4 is 9.64 Å². The van der Waals surface area contributed by atoms with Crippen LogP contribution in [-0.4, -0.2) is 23.6 Å². The Bertz CT molecular complexity index is 555. The van der Waals surface area contributed by atoms with E-state index in [0.717, 1.165) is 18.9 Å². The summed E-state index contributed by atoms with van der Waals surface area (Å²) >= 11 is 1.84. The molecule has 1 atom stereocenters. The van der Waals surface area contributed by atoms with Crippen LogP contribution in [0.1, 0.15) is 23.4 Å². The number of thiophene rings is 1. The molecule has 2 aromatic rings. The molecule has 1 aliphatic rings. The Morgan fingerprint density at radius 2 is 2.33 bits per heavy atom. The Balaban J connectivity index is 1.94. The van der Waals surface area contributed by atoms with Gasteiger partial charge in [0.1, 0.15) is 0 Å². The molecule has 0 N–H and O–H groups in total. The molecule has 0 saturated heterocycles. The van der Waals surface area contributed by atoms with Crippen LogP contribution in [-0.2, 0) is 6.42 Å². The van der Waals surface area contributed by atoms with Gasteiger partial charge in [-0.1, -0.05) is 0 Å². The van der Waals surface area contributed by atoms with Crippen LogP contribution >= 0.6 is 11.3 Å². The summed E-state index contributed by atoms with van der Waals surface area (Å²) in [6, 6.07) is 4.30. The van der Waals surface area contributed by atoms with Gasteiger partial charge in [0, 0.05) is 23.7 Å². The van der Waals surface area contributed by atoms with Gasteiger partial charge in [0.15, 0.2) is 0 Å². The number of hydrogen-bond acceptors (Lipinski definition) is 5. The Hall–Kier alpha value is -1.62. The SMILES string of the molecule is COc1ccnc(N2CCc3sccc3[C@@H]2C)n1. The summed E-state index contributed by atoms with van der Waals surface area (Å²) in [5.74, 6) is 1.36. The predicted molar refractivity (Wildman–Crippen MR) is 72.4 cm³/mol. The molecule has 0 bridgehead atoms. The van der Waals surface area contributed by atoms with Gasteiger partial charge < -0.3 is 9.64 Å². The largest absolute Gasteiger partial charge is 0.481 e. The highest BCUT2D eigenvalue weighted by Gasteiger charge is 2.26. The van der Waals surface area contributed by atoms with Crippen molar-refractivity contribution in [3.8, 4) is 5.88 Å². The number of ether oxygens (including phenoxy) is 1. The first-order chi connectivity index (χ1) is 8.79. The second-order valence-electron chi connectivity index (χ2n) is 4.32. The Labute approximate surface area is 110 Å². The first kappa shape index (κ1) is 11.5. The molecule has 3 rings (SSSR count). The van der Waals surface area contributed by atoms with Crippen molar-refractivity contribution in [1.29, 1.82) is 0 Å². The van der Waals surface area contributed by atoms with E-state index in [1.165, 1.54) is 10.4 Å². The summed E-state index contributed by atoms with van der Waals surface area (Å²) in [4.78, 5) is 12.5. The molecule has 94 valence electrons. The Morgan fingerprint density at radius 1 is 1.44 bits per heavy atom. The first-order valence-corrected chi connectivity index (χ1v) is 6.87. The second kappa shape index (κ2) is 4.57. The Kier molecular flexibility index (Phi) is 2.91. The summed E-state index contributed by atoms with van der Waals surface area (Å²) < 4.78 is 5.16. The number of methoxy groups -OCH3 is 1. The van der Waals surface area contributed by atoms with Crippen LogP contribution in [0.3, 0.4) is 0 Å². The molecule has 0 spiro atoms. The topological polar surface area (TPSA) is 38.2 Å². The summed E-state index contributed by atoms with van der Waals surface area (Å²) in [5, 5.41) is 2.16. The van der Waals surface area contributed by atoms with E-state index in [1.807, 2.05) is 11.3 Å². The molecule has 3 heterocycles. The minimum atomic E-state index is 0.326. The molecule has 0 aliphatic carbocycles. The summed E-state index contributed by atoms with van der Waals surface area (Å²) in [6.45, 7) is 3.16. The zero-order valence-corrected chi connectivity index (χ0v) is 11.3. The van der Waals surface area contributed by atoms with Crippen LogP contribution in [0.15, 0.2) is 23.7 Å². The molecule has 5 heteroatoms.